The molecule has 5 radical (unpaired) electrons. The monoisotopic (exact) mass is 430 g/mol. The third-order valence-electron chi connectivity index (χ3n) is 4.19. The summed E-state index contributed by atoms with van der Waals surface area (Å²) in [5, 5.41) is 0. The molecule has 1 heterocycles. The van der Waals surface area contributed by atoms with Crippen LogP contribution in [0.1, 0.15) is 62.3 Å². The average molecular weight is 430 g/mol. The molecule has 1 fully saturated rings. The second kappa shape index (κ2) is 13.4. The van der Waals surface area contributed by atoms with Crippen LogP contribution in [0.15, 0.2) is 0 Å². The van der Waals surface area contributed by atoms with Crippen molar-refractivity contribution in [2.75, 3.05) is 13.3 Å². The Balaban J connectivity index is -0.000000342. The Morgan fingerprint density at radius 3 is 0.963 bits per heavy atom. The Labute approximate surface area is 180 Å². The van der Waals surface area contributed by atoms with E-state index in [2.05, 4.69) is 108 Å². The zero-order valence-corrected chi connectivity index (χ0v) is 20.9. The number of rotatable bonds is 0. The van der Waals surface area contributed by atoms with Gasteiger partial charge in [0.05, 0.1) is 13.3 Å². The van der Waals surface area contributed by atoms with Crippen LogP contribution < -0.4 is 0 Å². The Bertz CT molecular complexity index is 419. The molecular weight excluding hydrogens is 395 g/mol. The first-order valence-corrected chi connectivity index (χ1v) is 11.0. The van der Waals surface area contributed by atoms with Crippen molar-refractivity contribution in [2.45, 2.75) is 62.3 Å². The molecule has 0 aromatic carbocycles. The minimum absolute atomic E-state index is 0. The van der Waals surface area contributed by atoms with E-state index in [0.717, 1.165) is 0 Å². The van der Waals surface area contributed by atoms with Crippen LogP contribution in [0.25, 0.3) is 0 Å². The summed E-state index contributed by atoms with van der Waals surface area (Å²) in [4.78, 5) is 0. The average Bonchev–Trinajstić information content (AvgIpc) is 2.49. The molecule has 0 bridgehead atoms. The van der Waals surface area contributed by atoms with Gasteiger partial charge in [-0.2, -0.15) is 0 Å². The first kappa shape index (κ1) is 34.7. The predicted octanol–water partition coefficient (Wildman–Crippen LogP) is 6.35. The number of hydrogen-bond acceptors (Lipinski definition) is 0. The van der Waals surface area contributed by atoms with Gasteiger partial charge in [0.15, 0.2) is 0 Å². The van der Waals surface area contributed by atoms with Gasteiger partial charge in [0.25, 0.3) is 0 Å². The molecule has 0 atom stereocenters. The fraction of sp³-hybridized carbons (Fsp3) is 0.636. The van der Waals surface area contributed by atoms with Crippen molar-refractivity contribution in [1.82, 2.24) is 0 Å². The summed E-state index contributed by atoms with van der Waals surface area (Å²) in [6.45, 7) is 39.7. The maximum absolute atomic E-state index is 7.50. The zero-order chi connectivity index (χ0) is 22.1. The van der Waals surface area contributed by atoms with Crippen LogP contribution >= 0.6 is 7.26 Å². The van der Waals surface area contributed by atoms with Gasteiger partial charge in [0, 0.05) is 48.3 Å². The molecular formula is C22H35CrO3P+. The summed E-state index contributed by atoms with van der Waals surface area (Å²) in [5.41, 5.74) is 4.05. The van der Waals surface area contributed by atoms with Crippen LogP contribution in [0.3, 0.4) is 0 Å². The molecule has 0 N–H and O–H groups in total. The van der Waals surface area contributed by atoms with E-state index >= 15 is 0 Å². The van der Waals surface area contributed by atoms with E-state index in [1.807, 2.05) is 0 Å². The molecule has 3 nitrogen and oxygen atoms in total. The first-order chi connectivity index (χ1) is 11.6. The van der Waals surface area contributed by atoms with Crippen LogP contribution in [0.2, 0.25) is 0 Å². The minimum Gasteiger partial charge on any atom is 0 e. The van der Waals surface area contributed by atoms with Crippen molar-refractivity contribution in [2.24, 2.45) is 16.2 Å². The minimum atomic E-state index is -1.21. The van der Waals surface area contributed by atoms with E-state index in [-0.39, 0.29) is 33.6 Å². The van der Waals surface area contributed by atoms with Gasteiger partial charge in [-0.25, -0.2) is 0 Å². The summed E-state index contributed by atoms with van der Waals surface area (Å²) in [5.74, 6) is 1.49. The van der Waals surface area contributed by atoms with E-state index in [4.69, 9.17) is 14.0 Å². The molecule has 0 spiro atoms. The van der Waals surface area contributed by atoms with Gasteiger partial charge in [0.2, 0.25) is 0 Å². The van der Waals surface area contributed by atoms with Crippen molar-refractivity contribution >= 4 is 7.26 Å². The van der Waals surface area contributed by atoms with Crippen LogP contribution in [-0.2, 0) is 31.3 Å². The van der Waals surface area contributed by atoms with E-state index in [1.54, 1.807) is 11.3 Å². The third kappa shape index (κ3) is 10.5. The van der Waals surface area contributed by atoms with Gasteiger partial charge in [-0.1, -0.05) is 62.3 Å². The maximum atomic E-state index is 7.50. The Hall–Kier alpha value is 0.182. The molecule has 0 saturated carbocycles. The maximum Gasteiger partial charge on any atom is 0 e. The summed E-state index contributed by atoms with van der Waals surface area (Å²) >= 11 is 0. The fourth-order valence-electron chi connectivity index (χ4n) is 3.33. The Morgan fingerprint density at radius 1 is 0.593 bits per heavy atom. The topological polar surface area (TPSA) is 59.7 Å². The normalized spacial score (nSPS) is 18.1. The van der Waals surface area contributed by atoms with Gasteiger partial charge in [-0.05, 0) is 11.3 Å². The summed E-state index contributed by atoms with van der Waals surface area (Å²) in [6, 6.07) is 0. The molecule has 0 aromatic rings. The SMILES string of the molecule is CC(C)(C)[C]1[CH][C](C(C)(C)C)[P+](C)(C)[C](C(C)(C)C)[CH]1.[C-]#[O+].[C-]#[O+].[C-]#[O+].[Cr]. The second-order valence-electron chi connectivity index (χ2n) is 9.72. The first-order valence-electron chi connectivity index (χ1n) is 8.36. The summed E-state index contributed by atoms with van der Waals surface area (Å²) in [7, 11) is -1.21. The molecule has 0 aliphatic carbocycles. The molecule has 1 saturated heterocycles. The van der Waals surface area contributed by atoms with Crippen molar-refractivity contribution in [3.05, 3.63) is 50.0 Å². The molecule has 1 aliphatic heterocycles. The van der Waals surface area contributed by atoms with Crippen molar-refractivity contribution in [3.63, 3.8) is 0 Å². The summed E-state index contributed by atoms with van der Waals surface area (Å²) < 4.78 is 22.5. The van der Waals surface area contributed by atoms with Gasteiger partial charge in [0.1, 0.15) is 11.3 Å². The molecule has 5 heteroatoms. The second-order valence-corrected chi connectivity index (χ2v) is 13.6. The zero-order valence-electron chi connectivity index (χ0n) is 18.7. The third-order valence-corrected chi connectivity index (χ3v) is 8.20. The van der Waals surface area contributed by atoms with E-state index < -0.39 is 7.26 Å². The molecule has 151 valence electrons. The Kier molecular flexibility index (Phi) is 17.2. The largest absolute Gasteiger partial charge is 0 e. The van der Waals surface area contributed by atoms with Gasteiger partial charge < -0.3 is 0 Å². The molecule has 1 aliphatic rings. The van der Waals surface area contributed by atoms with Gasteiger partial charge in [-0.3, -0.25) is 0 Å². The van der Waals surface area contributed by atoms with Crippen molar-refractivity contribution in [3.8, 4) is 0 Å². The van der Waals surface area contributed by atoms with E-state index in [9.17, 15) is 0 Å². The van der Waals surface area contributed by atoms with Crippen LogP contribution in [0.4, 0.5) is 0 Å². The van der Waals surface area contributed by atoms with Gasteiger partial charge >= 0.3 is 33.9 Å². The summed E-state index contributed by atoms with van der Waals surface area (Å²) in [6.07, 6.45) is 5.03. The smallest absolute Gasteiger partial charge is 0 e. The molecule has 27 heavy (non-hydrogen) atoms. The molecule has 0 unspecified atom stereocenters. The van der Waals surface area contributed by atoms with Crippen molar-refractivity contribution < 1.29 is 31.3 Å². The quantitative estimate of drug-likeness (QED) is 0.244. The molecule has 1 rings (SSSR count). The number of hydrogen-bond donors (Lipinski definition) is 0. The molecule has 0 aromatic heterocycles. The molecule has 0 amide bonds. The van der Waals surface area contributed by atoms with Gasteiger partial charge in [-0.15, -0.1) is 0 Å². The van der Waals surface area contributed by atoms with E-state index in [0.29, 0.717) is 0 Å². The van der Waals surface area contributed by atoms with E-state index in [1.165, 1.54) is 5.92 Å². The van der Waals surface area contributed by atoms with Crippen LogP contribution in [0, 0.1) is 66.3 Å². The standard InChI is InChI=1S/C19H35P.3CO.Cr/c1-17(2,3)14-12-15(18(4,5)6)20(10,11)16(13-14)19(7,8)9;3*1-2;/h12-13H,1-11H3;;;;/q+1;;;;. The van der Waals surface area contributed by atoms with Crippen LogP contribution in [0.5, 0.6) is 0 Å². The Morgan fingerprint density at radius 2 is 0.815 bits per heavy atom. The fourth-order valence-corrected chi connectivity index (χ4v) is 7.87. The van der Waals surface area contributed by atoms with Crippen molar-refractivity contribution in [1.29, 1.82) is 0 Å². The predicted molar refractivity (Wildman–Crippen MR) is 107 cm³/mol. The van der Waals surface area contributed by atoms with Crippen LogP contribution in [-0.4, -0.2) is 13.3 Å².